The number of fused-ring (bicyclic) bond motifs is 1. The average Bonchev–Trinajstić information content (AvgIpc) is 2.77. The molecule has 0 heterocycles. The fraction of sp³-hybridized carbons (Fsp3) is 0.667. The van der Waals surface area contributed by atoms with Gasteiger partial charge in [-0.3, -0.25) is 0 Å². The van der Waals surface area contributed by atoms with Crippen molar-refractivity contribution in [3.05, 3.63) is 35.1 Å². The number of hydrogen-bond acceptors (Lipinski definition) is 2. The minimum Gasteiger partial charge on any atom is -0.385 e. The molecule has 1 aromatic carbocycles. The number of aliphatic hydroxyl groups is 1. The van der Waals surface area contributed by atoms with Gasteiger partial charge in [0.15, 0.2) is 0 Å². The summed E-state index contributed by atoms with van der Waals surface area (Å²) in [5.41, 5.74) is 6.96. The van der Waals surface area contributed by atoms with Gasteiger partial charge in [-0.2, -0.15) is 0 Å². The number of benzene rings is 1. The van der Waals surface area contributed by atoms with E-state index in [1.165, 1.54) is 25.3 Å². The summed E-state index contributed by atoms with van der Waals surface area (Å²) < 4.78 is 13.4. The zero-order valence-corrected chi connectivity index (χ0v) is 12.7. The molecule has 3 heteroatoms. The van der Waals surface area contributed by atoms with Crippen LogP contribution in [0.1, 0.15) is 62.5 Å². The van der Waals surface area contributed by atoms with Gasteiger partial charge in [-0.1, -0.05) is 38.2 Å². The summed E-state index contributed by atoms with van der Waals surface area (Å²) >= 11 is 0. The van der Waals surface area contributed by atoms with Gasteiger partial charge in [0.2, 0.25) is 0 Å². The summed E-state index contributed by atoms with van der Waals surface area (Å²) in [5, 5.41) is 11.5. The van der Waals surface area contributed by atoms with E-state index in [2.05, 4.69) is 0 Å². The van der Waals surface area contributed by atoms with E-state index < -0.39 is 5.60 Å². The molecule has 1 aromatic rings. The van der Waals surface area contributed by atoms with Crippen LogP contribution in [0.2, 0.25) is 0 Å². The first-order valence-corrected chi connectivity index (χ1v) is 8.33. The third-order valence-electron chi connectivity index (χ3n) is 5.85. The van der Waals surface area contributed by atoms with Gasteiger partial charge in [0.05, 0.1) is 5.60 Å². The lowest BCUT2D eigenvalue weighted by Crippen LogP contribution is -2.49. The highest BCUT2D eigenvalue weighted by molar-refractivity contribution is 5.39. The van der Waals surface area contributed by atoms with Crippen molar-refractivity contribution in [2.45, 2.75) is 63.4 Å². The number of hydrogen-bond donors (Lipinski definition) is 2. The average molecular weight is 291 g/mol. The maximum Gasteiger partial charge on any atom is 0.123 e. The highest BCUT2D eigenvalue weighted by atomic mass is 19.1. The third-order valence-corrected chi connectivity index (χ3v) is 5.85. The van der Waals surface area contributed by atoms with Crippen LogP contribution in [0.25, 0.3) is 0 Å². The number of halogens is 1. The lowest BCUT2D eigenvalue weighted by molar-refractivity contribution is -0.0995. The second-order valence-electron chi connectivity index (χ2n) is 6.91. The normalized spacial score (nSPS) is 28.7. The standard InChI is InChI=1S/C18H26FNO/c19-15-6-7-16-14(12-15)8-11-18(16,21)17(13-20)9-4-2-1-3-5-10-17/h6-7,12,21H,1-5,8-11,13,20H2. The molecule has 1 fully saturated rings. The molecule has 21 heavy (non-hydrogen) atoms. The van der Waals surface area contributed by atoms with Crippen LogP contribution in [0.3, 0.4) is 0 Å². The summed E-state index contributed by atoms with van der Waals surface area (Å²) in [6, 6.07) is 4.84. The first kappa shape index (κ1) is 15.0. The van der Waals surface area contributed by atoms with E-state index in [1.807, 2.05) is 0 Å². The Kier molecular flexibility index (Phi) is 4.06. The van der Waals surface area contributed by atoms with E-state index in [4.69, 9.17) is 5.73 Å². The van der Waals surface area contributed by atoms with Crippen molar-refractivity contribution in [3.63, 3.8) is 0 Å². The van der Waals surface area contributed by atoms with Crippen LogP contribution in [0, 0.1) is 11.2 Å². The molecule has 0 radical (unpaired) electrons. The predicted octanol–water partition coefficient (Wildman–Crippen LogP) is 3.65. The minimum atomic E-state index is -0.873. The summed E-state index contributed by atoms with van der Waals surface area (Å²) in [7, 11) is 0. The Labute approximate surface area is 126 Å². The van der Waals surface area contributed by atoms with Gasteiger partial charge in [0, 0.05) is 12.0 Å². The van der Waals surface area contributed by atoms with Crippen LogP contribution in [-0.4, -0.2) is 11.7 Å². The predicted molar refractivity (Wildman–Crippen MR) is 82.4 cm³/mol. The Balaban J connectivity index is 2.00. The zero-order valence-electron chi connectivity index (χ0n) is 12.7. The largest absolute Gasteiger partial charge is 0.385 e. The van der Waals surface area contributed by atoms with Crippen LogP contribution in [0.4, 0.5) is 4.39 Å². The SMILES string of the molecule is NCC1(C2(O)CCc3cc(F)ccc32)CCCCCCC1. The second kappa shape index (κ2) is 5.69. The molecule has 0 aromatic heterocycles. The first-order chi connectivity index (χ1) is 10.1. The van der Waals surface area contributed by atoms with Gasteiger partial charge in [-0.05, 0) is 48.9 Å². The van der Waals surface area contributed by atoms with Gasteiger partial charge in [0.25, 0.3) is 0 Å². The first-order valence-electron chi connectivity index (χ1n) is 8.33. The fourth-order valence-electron chi connectivity index (χ4n) is 4.54. The van der Waals surface area contributed by atoms with Crippen molar-refractivity contribution in [2.75, 3.05) is 6.54 Å². The second-order valence-corrected chi connectivity index (χ2v) is 6.91. The van der Waals surface area contributed by atoms with E-state index in [0.29, 0.717) is 13.0 Å². The van der Waals surface area contributed by atoms with Crippen molar-refractivity contribution in [3.8, 4) is 0 Å². The monoisotopic (exact) mass is 291 g/mol. The molecule has 2 aliphatic rings. The molecule has 0 aliphatic heterocycles. The molecule has 116 valence electrons. The Hall–Kier alpha value is -0.930. The molecule has 1 unspecified atom stereocenters. The van der Waals surface area contributed by atoms with Crippen LogP contribution < -0.4 is 5.73 Å². The number of nitrogens with two attached hydrogens (primary N) is 1. The van der Waals surface area contributed by atoms with Crippen molar-refractivity contribution in [1.29, 1.82) is 0 Å². The molecule has 1 saturated carbocycles. The molecular formula is C18H26FNO. The van der Waals surface area contributed by atoms with Crippen LogP contribution >= 0.6 is 0 Å². The number of aryl methyl sites for hydroxylation is 1. The van der Waals surface area contributed by atoms with E-state index in [0.717, 1.165) is 43.2 Å². The van der Waals surface area contributed by atoms with Crippen molar-refractivity contribution in [2.24, 2.45) is 11.1 Å². The van der Waals surface area contributed by atoms with Crippen molar-refractivity contribution >= 4 is 0 Å². The van der Waals surface area contributed by atoms with Gasteiger partial charge in [-0.15, -0.1) is 0 Å². The lowest BCUT2D eigenvalue weighted by Gasteiger charge is -2.47. The Morgan fingerprint density at radius 1 is 1.05 bits per heavy atom. The summed E-state index contributed by atoms with van der Waals surface area (Å²) in [5.74, 6) is -0.211. The number of rotatable bonds is 2. The molecule has 1 atom stereocenters. The van der Waals surface area contributed by atoms with Crippen LogP contribution in [0.5, 0.6) is 0 Å². The van der Waals surface area contributed by atoms with E-state index >= 15 is 0 Å². The Bertz CT molecular complexity index is 508. The van der Waals surface area contributed by atoms with E-state index in [-0.39, 0.29) is 11.2 Å². The highest BCUT2D eigenvalue weighted by Gasteiger charge is 2.52. The molecule has 2 nitrogen and oxygen atoms in total. The summed E-state index contributed by atoms with van der Waals surface area (Å²) in [6.07, 6.45) is 9.43. The van der Waals surface area contributed by atoms with Gasteiger partial charge >= 0.3 is 0 Å². The molecule has 2 aliphatic carbocycles. The quantitative estimate of drug-likeness (QED) is 0.873. The van der Waals surface area contributed by atoms with Crippen LogP contribution in [-0.2, 0) is 12.0 Å². The molecule has 0 spiro atoms. The topological polar surface area (TPSA) is 46.2 Å². The van der Waals surface area contributed by atoms with E-state index in [1.54, 1.807) is 12.1 Å². The Morgan fingerprint density at radius 3 is 2.38 bits per heavy atom. The Morgan fingerprint density at radius 2 is 1.71 bits per heavy atom. The molecule has 0 bridgehead atoms. The summed E-state index contributed by atoms with van der Waals surface area (Å²) in [6.45, 7) is 0.514. The maximum atomic E-state index is 13.4. The highest BCUT2D eigenvalue weighted by Crippen LogP contribution is 2.54. The molecule has 3 rings (SSSR count). The van der Waals surface area contributed by atoms with E-state index in [9.17, 15) is 9.50 Å². The van der Waals surface area contributed by atoms with Gasteiger partial charge in [0.1, 0.15) is 5.82 Å². The minimum absolute atomic E-state index is 0.211. The fourth-order valence-corrected chi connectivity index (χ4v) is 4.54. The van der Waals surface area contributed by atoms with Crippen molar-refractivity contribution < 1.29 is 9.50 Å². The molecule has 0 saturated heterocycles. The summed E-state index contributed by atoms with van der Waals surface area (Å²) in [4.78, 5) is 0. The third kappa shape index (κ3) is 2.40. The molecular weight excluding hydrogens is 265 g/mol. The van der Waals surface area contributed by atoms with Gasteiger partial charge in [-0.25, -0.2) is 4.39 Å². The molecule has 0 amide bonds. The van der Waals surface area contributed by atoms with Gasteiger partial charge < -0.3 is 10.8 Å². The smallest absolute Gasteiger partial charge is 0.123 e. The lowest BCUT2D eigenvalue weighted by atomic mass is 9.62. The molecule has 3 N–H and O–H groups in total. The van der Waals surface area contributed by atoms with Crippen LogP contribution in [0.15, 0.2) is 18.2 Å². The maximum absolute atomic E-state index is 13.4. The van der Waals surface area contributed by atoms with Crippen molar-refractivity contribution in [1.82, 2.24) is 0 Å². The zero-order chi connectivity index (χ0) is 14.9.